The molecule has 4 aromatic rings. The molecule has 5 rings (SSSR count). The van der Waals surface area contributed by atoms with E-state index < -0.39 is 0 Å². The highest BCUT2D eigenvalue weighted by molar-refractivity contribution is 6.30. The molecule has 0 spiro atoms. The van der Waals surface area contributed by atoms with Crippen LogP contribution in [0.5, 0.6) is 0 Å². The monoisotopic (exact) mass is 508 g/mol. The lowest BCUT2D eigenvalue weighted by Gasteiger charge is -2.42. The molecule has 36 heavy (non-hydrogen) atoms. The van der Waals surface area contributed by atoms with Gasteiger partial charge in [-0.3, -0.25) is 4.68 Å². The normalized spacial score (nSPS) is 15.6. The van der Waals surface area contributed by atoms with Crippen molar-refractivity contribution in [1.29, 1.82) is 0 Å². The Morgan fingerprint density at radius 1 is 1.14 bits per heavy atom. The number of benzene rings is 1. The largest absolute Gasteiger partial charge is 0.395 e. The second-order valence-corrected chi connectivity index (χ2v) is 10.2. The number of anilines is 3. The maximum absolute atomic E-state index is 10.3. The quantitative estimate of drug-likeness (QED) is 0.355. The Morgan fingerprint density at radius 2 is 1.92 bits per heavy atom. The fraction of sp³-hybridized carbons (Fsp3) is 0.423. The van der Waals surface area contributed by atoms with Gasteiger partial charge in [0.25, 0.3) is 0 Å². The zero-order valence-electron chi connectivity index (χ0n) is 20.8. The smallest absolute Gasteiger partial charge is 0.247 e. The summed E-state index contributed by atoms with van der Waals surface area (Å²) in [6.07, 6.45) is 8.43. The van der Waals surface area contributed by atoms with E-state index in [4.69, 9.17) is 16.6 Å². The van der Waals surface area contributed by atoms with Crippen LogP contribution in [-0.2, 0) is 12.0 Å². The van der Waals surface area contributed by atoms with E-state index in [0.717, 1.165) is 68.0 Å². The molecule has 1 aliphatic heterocycles. The Hall–Kier alpha value is -3.14. The van der Waals surface area contributed by atoms with E-state index >= 15 is 0 Å². The molecule has 0 atom stereocenters. The summed E-state index contributed by atoms with van der Waals surface area (Å²) in [6, 6.07) is 12.0. The number of hydrogen-bond donors (Lipinski definition) is 2. The van der Waals surface area contributed by atoms with Crippen LogP contribution in [0, 0.1) is 0 Å². The van der Waals surface area contributed by atoms with E-state index in [0.29, 0.717) is 11.0 Å². The molecular weight excluding hydrogens is 476 g/mol. The first kappa shape index (κ1) is 24.5. The van der Waals surface area contributed by atoms with Crippen LogP contribution in [-0.4, -0.2) is 74.7 Å². The van der Waals surface area contributed by atoms with Crippen LogP contribution in [0.2, 0.25) is 5.02 Å². The van der Waals surface area contributed by atoms with Gasteiger partial charge in [0.1, 0.15) is 0 Å². The van der Waals surface area contributed by atoms with Crippen LogP contribution in [0.3, 0.4) is 0 Å². The van der Waals surface area contributed by atoms with Gasteiger partial charge >= 0.3 is 0 Å². The van der Waals surface area contributed by atoms with Gasteiger partial charge in [-0.2, -0.15) is 10.1 Å². The number of pyridine rings is 1. The lowest BCUT2D eigenvalue weighted by molar-refractivity contribution is 0.165. The summed E-state index contributed by atoms with van der Waals surface area (Å²) in [4.78, 5) is 9.30. The van der Waals surface area contributed by atoms with Crippen LogP contribution >= 0.6 is 11.6 Å². The highest BCUT2D eigenvalue weighted by atomic mass is 35.5. The molecule has 190 valence electrons. The number of nitrogens with one attached hydrogen (secondary N) is 1. The third kappa shape index (κ3) is 5.18. The third-order valence-electron chi connectivity index (χ3n) is 7.04. The third-order valence-corrected chi connectivity index (χ3v) is 7.30. The molecule has 0 amide bonds. The van der Waals surface area contributed by atoms with Crippen molar-refractivity contribution >= 4 is 34.6 Å². The molecule has 1 aromatic carbocycles. The van der Waals surface area contributed by atoms with Gasteiger partial charge < -0.3 is 20.2 Å². The standard InChI is InChI=1S/C26H33ClN8O/c1-32(2)12-4-13-34-18-22(17-28-34)29-25-30-24-23(5-3-14-35(24)31-25)33-15-10-26(19-36,11-16-33)20-6-8-21(27)9-7-20/h3,5-9,14,17-18,36H,4,10-13,15-16,19H2,1-2H3,(H,29,31). The average molecular weight is 509 g/mol. The van der Waals surface area contributed by atoms with Gasteiger partial charge in [0.2, 0.25) is 5.95 Å². The summed E-state index contributed by atoms with van der Waals surface area (Å²) in [5.74, 6) is 0.540. The van der Waals surface area contributed by atoms with Crippen molar-refractivity contribution in [3.05, 3.63) is 65.6 Å². The number of fused-ring (bicyclic) bond motifs is 1. The second kappa shape index (κ2) is 10.5. The number of rotatable bonds is 9. The topological polar surface area (TPSA) is 86.8 Å². The molecule has 1 saturated heterocycles. The van der Waals surface area contributed by atoms with E-state index in [1.165, 1.54) is 0 Å². The van der Waals surface area contributed by atoms with Gasteiger partial charge in [-0.15, -0.1) is 5.10 Å². The summed E-state index contributed by atoms with van der Waals surface area (Å²) < 4.78 is 3.75. The minimum atomic E-state index is -0.251. The second-order valence-electron chi connectivity index (χ2n) is 9.80. The van der Waals surface area contributed by atoms with Gasteiger partial charge in [0.05, 0.1) is 24.2 Å². The van der Waals surface area contributed by atoms with E-state index in [1.54, 1.807) is 6.20 Å². The molecule has 0 radical (unpaired) electrons. The molecule has 10 heteroatoms. The number of aliphatic hydroxyl groups is 1. The number of piperidine rings is 1. The Bertz CT molecular complexity index is 1290. The average Bonchev–Trinajstić information content (AvgIpc) is 3.50. The van der Waals surface area contributed by atoms with E-state index in [1.807, 2.05) is 51.9 Å². The summed E-state index contributed by atoms with van der Waals surface area (Å²) in [5, 5.41) is 23.4. The van der Waals surface area contributed by atoms with Crippen molar-refractivity contribution in [2.24, 2.45) is 0 Å². The van der Waals surface area contributed by atoms with Crippen molar-refractivity contribution in [3.63, 3.8) is 0 Å². The van der Waals surface area contributed by atoms with Crippen LogP contribution in [0.1, 0.15) is 24.8 Å². The molecule has 0 saturated carbocycles. The number of aliphatic hydroxyl groups excluding tert-OH is 1. The predicted molar refractivity (Wildman–Crippen MR) is 143 cm³/mol. The number of hydrogen-bond acceptors (Lipinski definition) is 7. The number of aromatic nitrogens is 5. The van der Waals surface area contributed by atoms with Gasteiger partial charge in [0.15, 0.2) is 5.65 Å². The SMILES string of the molecule is CN(C)CCCn1cc(Nc2nc3c(N4CCC(CO)(c5ccc(Cl)cc5)CC4)cccn3n2)cn1. The molecule has 4 heterocycles. The van der Waals surface area contributed by atoms with Crippen LogP contribution in [0.25, 0.3) is 5.65 Å². The summed E-state index contributed by atoms with van der Waals surface area (Å²) in [5.41, 5.74) is 3.61. The molecule has 0 bridgehead atoms. The minimum Gasteiger partial charge on any atom is -0.395 e. The Morgan fingerprint density at radius 3 is 2.64 bits per heavy atom. The summed E-state index contributed by atoms with van der Waals surface area (Å²) >= 11 is 6.09. The minimum absolute atomic E-state index is 0.120. The van der Waals surface area contributed by atoms with Crippen LogP contribution in [0.15, 0.2) is 55.0 Å². The Labute approximate surface area is 216 Å². The molecule has 0 unspecified atom stereocenters. The molecule has 1 aliphatic rings. The first-order chi connectivity index (χ1) is 17.5. The number of nitrogens with zero attached hydrogens (tertiary/aromatic N) is 7. The van der Waals surface area contributed by atoms with Gasteiger partial charge in [0, 0.05) is 42.5 Å². The lowest BCUT2D eigenvalue weighted by Crippen LogP contribution is -2.45. The maximum Gasteiger partial charge on any atom is 0.247 e. The van der Waals surface area contributed by atoms with E-state index in [-0.39, 0.29) is 12.0 Å². The van der Waals surface area contributed by atoms with Gasteiger partial charge in [-0.1, -0.05) is 23.7 Å². The van der Waals surface area contributed by atoms with Crippen molar-refractivity contribution in [1.82, 2.24) is 29.3 Å². The molecule has 9 nitrogen and oxygen atoms in total. The van der Waals surface area contributed by atoms with Gasteiger partial charge in [-0.05, 0) is 69.7 Å². The van der Waals surface area contributed by atoms with Gasteiger partial charge in [-0.25, -0.2) is 4.52 Å². The molecule has 1 fully saturated rings. The molecule has 2 N–H and O–H groups in total. The highest BCUT2D eigenvalue weighted by Crippen LogP contribution is 2.37. The zero-order chi connectivity index (χ0) is 25.1. The van der Waals surface area contributed by atoms with Crippen molar-refractivity contribution in [2.45, 2.75) is 31.2 Å². The first-order valence-electron chi connectivity index (χ1n) is 12.4. The van der Waals surface area contributed by atoms with Crippen molar-refractivity contribution in [3.8, 4) is 0 Å². The molecule has 0 aliphatic carbocycles. The fourth-order valence-electron chi connectivity index (χ4n) is 4.94. The molecular formula is C26H33ClN8O. The number of aryl methyl sites for hydroxylation is 1. The Balaban J connectivity index is 1.29. The van der Waals surface area contributed by atoms with Crippen LogP contribution in [0.4, 0.5) is 17.3 Å². The maximum atomic E-state index is 10.3. The molecule has 3 aromatic heterocycles. The fourth-order valence-corrected chi connectivity index (χ4v) is 5.06. The first-order valence-corrected chi connectivity index (χ1v) is 12.7. The Kier molecular flexibility index (Phi) is 7.13. The van der Waals surface area contributed by atoms with E-state index in [2.05, 4.69) is 45.5 Å². The van der Waals surface area contributed by atoms with Crippen molar-refractivity contribution < 1.29 is 5.11 Å². The zero-order valence-corrected chi connectivity index (χ0v) is 21.6. The summed E-state index contributed by atoms with van der Waals surface area (Å²) in [6.45, 7) is 3.64. The van der Waals surface area contributed by atoms with E-state index in [9.17, 15) is 5.11 Å². The lowest BCUT2D eigenvalue weighted by atomic mass is 9.73. The van der Waals surface area contributed by atoms with Crippen LogP contribution < -0.4 is 10.2 Å². The summed E-state index contributed by atoms with van der Waals surface area (Å²) in [7, 11) is 4.15. The number of halogens is 1. The van der Waals surface area contributed by atoms with Crippen molar-refractivity contribution in [2.75, 3.05) is 50.6 Å². The highest BCUT2D eigenvalue weighted by Gasteiger charge is 2.36. The predicted octanol–water partition coefficient (Wildman–Crippen LogP) is 3.81.